The number of hydrogen-bond acceptors (Lipinski definition) is 6. The van der Waals surface area contributed by atoms with Crippen molar-refractivity contribution in [1.82, 2.24) is 14.5 Å². The highest BCUT2D eigenvalue weighted by molar-refractivity contribution is 5.56. The number of benzene rings is 1. The number of hydrogen-bond donors (Lipinski definition) is 0. The van der Waals surface area contributed by atoms with Crippen LogP contribution in [0, 0.1) is 18.6 Å². The average molecular weight is 452 g/mol. The Hall–Kier alpha value is -3.75. The molecule has 0 saturated carbocycles. The molecule has 2 atom stereocenters. The third-order valence-corrected chi connectivity index (χ3v) is 5.92. The SMILES string of the molecule is Cc1cc(Oc2c(F)cc(COc3cc4n(c(=O)n3)CC3(C)C=CC(C)N43)cc2F)ccn1. The van der Waals surface area contributed by atoms with E-state index >= 15 is 0 Å². The number of rotatable bonds is 5. The highest BCUT2D eigenvalue weighted by atomic mass is 19.1. The van der Waals surface area contributed by atoms with Gasteiger partial charge in [-0.05, 0) is 44.5 Å². The molecule has 2 unspecified atom stereocenters. The number of ether oxygens (including phenoxy) is 2. The van der Waals surface area contributed by atoms with Gasteiger partial charge in [0.25, 0.3) is 0 Å². The molecule has 33 heavy (non-hydrogen) atoms. The smallest absolute Gasteiger partial charge is 0.352 e. The first-order valence-electron chi connectivity index (χ1n) is 10.6. The molecular weight excluding hydrogens is 430 g/mol. The molecule has 0 N–H and O–H groups in total. The van der Waals surface area contributed by atoms with Crippen LogP contribution in [0.4, 0.5) is 14.6 Å². The Morgan fingerprint density at radius 3 is 2.70 bits per heavy atom. The summed E-state index contributed by atoms with van der Waals surface area (Å²) in [5.74, 6) is -1.14. The van der Waals surface area contributed by atoms with Gasteiger partial charge < -0.3 is 14.4 Å². The quantitative estimate of drug-likeness (QED) is 0.542. The lowest BCUT2D eigenvalue weighted by molar-refractivity contribution is 0.289. The predicted molar refractivity (Wildman–Crippen MR) is 118 cm³/mol. The van der Waals surface area contributed by atoms with Gasteiger partial charge in [0.1, 0.15) is 18.2 Å². The average Bonchev–Trinajstić information content (AvgIpc) is 3.22. The van der Waals surface area contributed by atoms with Crippen LogP contribution in [0.2, 0.25) is 0 Å². The Bertz CT molecular complexity index is 1320. The summed E-state index contributed by atoms with van der Waals surface area (Å²) in [6.07, 6.45) is 5.68. The molecular formula is C24H22F2N4O3. The number of pyridine rings is 1. The maximum atomic E-state index is 14.6. The summed E-state index contributed by atoms with van der Waals surface area (Å²) in [6, 6.07) is 7.18. The Balaban J connectivity index is 1.35. The number of anilines is 1. The molecule has 0 bridgehead atoms. The molecule has 0 amide bonds. The van der Waals surface area contributed by atoms with E-state index in [2.05, 4.69) is 33.9 Å². The highest BCUT2D eigenvalue weighted by Crippen LogP contribution is 2.40. The second kappa shape index (κ2) is 7.68. The molecule has 0 saturated heterocycles. The van der Waals surface area contributed by atoms with E-state index in [-0.39, 0.29) is 35.4 Å². The molecule has 4 heterocycles. The molecule has 2 aliphatic rings. The number of halogens is 2. The van der Waals surface area contributed by atoms with Gasteiger partial charge in [-0.3, -0.25) is 9.55 Å². The standard InChI is InChI=1S/C24H22F2N4O3/c1-14-8-17(5-7-27-14)33-22-18(25)9-16(10-19(22)26)12-32-20-11-21-29(23(31)28-20)13-24(3)6-4-15(2)30(21)24/h4-11,15H,12-13H2,1-3H3. The minimum atomic E-state index is -0.863. The second-order valence-electron chi connectivity index (χ2n) is 8.56. The minimum Gasteiger partial charge on any atom is -0.473 e. The van der Waals surface area contributed by atoms with Crippen LogP contribution >= 0.6 is 0 Å². The van der Waals surface area contributed by atoms with Gasteiger partial charge in [0, 0.05) is 30.1 Å². The Morgan fingerprint density at radius 2 is 1.97 bits per heavy atom. The zero-order valence-corrected chi connectivity index (χ0v) is 18.4. The molecule has 2 aromatic heterocycles. The maximum absolute atomic E-state index is 14.6. The molecule has 170 valence electrons. The van der Waals surface area contributed by atoms with E-state index in [0.29, 0.717) is 18.1 Å². The van der Waals surface area contributed by atoms with Crippen LogP contribution in [0.1, 0.15) is 25.1 Å². The van der Waals surface area contributed by atoms with Crippen LogP contribution in [0.3, 0.4) is 0 Å². The summed E-state index contributed by atoms with van der Waals surface area (Å²) in [6.45, 7) is 6.20. The summed E-state index contributed by atoms with van der Waals surface area (Å²) in [5, 5.41) is 0. The van der Waals surface area contributed by atoms with Gasteiger partial charge in [-0.1, -0.05) is 12.2 Å². The van der Waals surface area contributed by atoms with Crippen LogP contribution in [-0.2, 0) is 13.2 Å². The minimum absolute atomic E-state index is 0.100. The van der Waals surface area contributed by atoms with Crippen molar-refractivity contribution in [3.63, 3.8) is 0 Å². The fourth-order valence-electron chi connectivity index (χ4n) is 4.44. The summed E-state index contributed by atoms with van der Waals surface area (Å²) in [4.78, 5) is 22.7. The van der Waals surface area contributed by atoms with Crippen molar-refractivity contribution in [2.75, 3.05) is 4.90 Å². The first kappa shape index (κ1) is 21.1. The van der Waals surface area contributed by atoms with Gasteiger partial charge in [0.2, 0.25) is 5.88 Å². The van der Waals surface area contributed by atoms with Gasteiger partial charge in [-0.25, -0.2) is 13.6 Å². The molecule has 1 aromatic carbocycles. The van der Waals surface area contributed by atoms with Gasteiger partial charge in [-0.15, -0.1) is 0 Å². The second-order valence-corrected chi connectivity index (χ2v) is 8.56. The van der Waals surface area contributed by atoms with Crippen LogP contribution in [-0.4, -0.2) is 26.1 Å². The summed E-state index contributed by atoms with van der Waals surface area (Å²) >= 11 is 0. The van der Waals surface area contributed by atoms with E-state index in [1.165, 1.54) is 12.3 Å². The Kier molecular flexibility index (Phi) is 4.92. The molecule has 7 nitrogen and oxygen atoms in total. The largest absolute Gasteiger partial charge is 0.473 e. The fraction of sp³-hybridized carbons (Fsp3) is 0.292. The number of fused-ring (bicyclic) bond motifs is 3. The third-order valence-electron chi connectivity index (χ3n) is 5.92. The van der Waals surface area contributed by atoms with Gasteiger partial charge >= 0.3 is 5.69 Å². The van der Waals surface area contributed by atoms with Crippen LogP contribution in [0.15, 0.2) is 53.5 Å². The van der Waals surface area contributed by atoms with Crippen molar-refractivity contribution in [3.05, 3.63) is 82.1 Å². The lowest BCUT2D eigenvalue weighted by Gasteiger charge is -2.31. The Labute approximate surface area is 188 Å². The monoisotopic (exact) mass is 452 g/mol. The van der Waals surface area contributed by atoms with Crippen LogP contribution in [0.25, 0.3) is 0 Å². The summed E-state index contributed by atoms with van der Waals surface area (Å²) in [5.41, 5.74) is 0.191. The van der Waals surface area contributed by atoms with E-state index in [1.54, 1.807) is 23.6 Å². The molecule has 5 rings (SSSR count). The molecule has 0 fully saturated rings. The van der Waals surface area contributed by atoms with Crippen molar-refractivity contribution >= 4 is 5.82 Å². The highest BCUT2D eigenvalue weighted by Gasteiger charge is 2.44. The van der Waals surface area contributed by atoms with Crippen LogP contribution < -0.4 is 20.1 Å². The lowest BCUT2D eigenvalue weighted by atomic mass is 10.0. The van der Waals surface area contributed by atoms with Gasteiger partial charge in [-0.2, -0.15) is 4.98 Å². The molecule has 0 radical (unpaired) electrons. The van der Waals surface area contributed by atoms with E-state index in [1.807, 2.05) is 6.92 Å². The van der Waals surface area contributed by atoms with Gasteiger partial charge in [0.05, 0.1) is 12.1 Å². The first-order valence-corrected chi connectivity index (χ1v) is 10.6. The Morgan fingerprint density at radius 1 is 1.21 bits per heavy atom. The molecule has 3 aromatic rings. The first-order chi connectivity index (χ1) is 15.7. The third kappa shape index (κ3) is 3.73. The van der Waals surface area contributed by atoms with Crippen molar-refractivity contribution in [3.8, 4) is 17.4 Å². The van der Waals surface area contributed by atoms with E-state index < -0.39 is 23.1 Å². The summed E-state index contributed by atoms with van der Waals surface area (Å²) < 4.78 is 41.8. The maximum Gasteiger partial charge on any atom is 0.352 e. The fourth-order valence-corrected chi connectivity index (χ4v) is 4.44. The lowest BCUT2D eigenvalue weighted by Crippen LogP contribution is -2.42. The normalized spacial score (nSPS) is 20.6. The van der Waals surface area contributed by atoms with Crippen molar-refractivity contribution in [2.45, 2.75) is 45.5 Å². The molecule has 9 heteroatoms. The van der Waals surface area contributed by atoms with Gasteiger partial charge in [0.15, 0.2) is 17.4 Å². The van der Waals surface area contributed by atoms with E-state index in [0.717, 1.165) is 12.1 Å². The number of aromatic nitrogens is 3. The van der Waals surface area contributed by atoms with E-state index in [4.69, 9.17) is 9.47 Å². The molecule has 0 spiro atoms. The number of aryl methyl sites for hydroxylation is 1. The molecule has 0 aliphatic carbocycles. The van der Waals surface area contributed by atoms with Crippen molar-refractivity contribution < 1.29 is 18.3 Å². The van der Waals surface area contributed by atoms with Crippen molar-refractivity contribution in [1.29, 1.82) is 0 Å². The van der Waals surface area contributed by atoms with Crippen LogP contribution in [0.5, 0.6) is 17.4 Å². The van der Waals surface area contributed by atoms with Crippen molar-refractivity contribution in [2.24, 2.45) is 0 Å². The predicted octanol–water partition coefficient (Wildman–Crippen LogP) is 4.13. The zero-order valence-electron chi connectivity index (χ0n) is 18.4. The topological polar surface area (TPSA) is 69.5 Å². The zero-order chi connectivity index (χ0) is 23.3. The number of nitrogens with zero attached hydrogens (tertiary/aromatic N) is 4. The molecule has 2 aliphatic heterocycles. The van der Waals surface area contributed by atoms with E-state index in [9.17, 15) is 13.6 Å². The summed E-state index contributed by atoms with van der Waals surface area (Å²) in [7, 11) is 0.